The van der Waals surface area contributed by atoms with Crippen molar-refractivity contribution in [2.24, 2.45) is 39.6 Å². The highest BCUT2D eigenvalue weighted by atomic mass is 33.1. The van der Waals surface area contributed by atoms with Crippen LogP contribution in [0.2, 0.25) is 0 Å². The molecule has 0 radical (unpaired) electrons. The number of ether oxygens (including phenoxy) is 2. The van der Waals surface area contributed by atoms with Crippen molar-refractivity contribution >= 4 is 143 Å². The summed E-state index contributed by atoms with van der Waals surface area (Å²) in [4.78, 5) is 178. The van der Waals surface area contributed by atoms with Crippen molar-refractivity contribution in [2.45, 2.75) is 124 Å². The molecule has 14 N–H and O–H groups in total. The molecule has 1 aliphatic carbocycles. The van der Waals surface area contributed by atoms with E-state index in [0.29, 0.717) is 73.4 Å². The van der Waals surface area contributed by atoms with Crippen LogP contribution in [0.3, 0.4) is 0 Å². The summed E-state index contributed by atoms with van der Waals surface area (Å²) < 4.78 is 42.2. The molecule has 0 saturated heterocycles. The lowest BCUT2D eigenvalue weighted by atomic mass is 9.83. The minimum atomic E-state index is -4.49. The molecular weight excluding hydrogens is 1390 g/mol. The molecule has 1 aromatic carbocycles. The number of fused-ring (bicyclic) bond motifs is 6. The van der Waals surface area contributed by atoms with Gasteiger partial charge in [-0.25, -0.2) is 25.0 Å². The van der Waals surface area contributed by atoms with E-state index >= 15 is 0 Å². The van der Waals surface area contributed by atoms with Crippen LogP contribution >= 0.6 is 21.6 Å². The lowest BCUT2D eigenvalue weighted by Gasteiger charge is -2.21. The third-order valence-corrected chi connectivity index (χ3v) is 21.3. The van der Waals surface area contributed by atoms with Gasteiger partial charge in [0.25, 0.3) is 21.6 Å². The molecule has 2 unspecified atom stereocenters. The van der Waals surface area contributed by atoms with Gasteiger partial charge in [0.15, 0.2) is 22.7 Å². The first-order valence-electron chi connectivity index (χ1n) is 32.8. The Balaban J connectivity index is 0.757. The zero-order chi connectivity index (χ0) is 74.0. The Bertz CT molecular complexity index is 4590. The number of esters is 1. The van der Waals surface area contributed by atoms with E-state index in [-0.39, 0.29) is 96.7 Å². The lowest BCUT2D eigenvalue weighted by molar-refractivity contribution is -0.142. The number of aromatic amines is 3. The molecule has 7 heterocycles. The zero-order valence-corrected chi connectivity index (χ0v) is 59.4. The molecule has 8 bridgehead atoms. The number of H-pyrrole nitrogens is 3. The molecule has 33 nitrogen and oxygen atoms in total. The number of hydrazine groups is 1. The summed E-state index contributed by atoms with van der Waals surface area (Å²) in [5, 5.41) is 24.1. The Labute approximate surface area is 591 Å². The summed E-state index contributed by atoms with van der Waals surface area (Å²) in [7, 11) is -1.26. The number of carboxylic acids is 1. The van der Waals surface area contributed by atoms with Crippen LogP contribution in [0.5, 0.6) is 0 Å². The second-order valence-corrected chi connectivity index (χ2v) is 29.4. The van der Waals surface area contributed by atoms with Crippen LogP contribution < -0.4 is 59.4 Å². The summed E-state index contributed by atoms with van der Waals surface area (Å²) in [5.74, 6) is -10.0. The first-order chi connectivity index (χ1) is 48.4. The van der Waals surface area contributed by atoms with Crippen molar-refractivity contribution in [3.8, 4) is 0 Å². The largest absolute Gasteiger partial charge is 0.480 e. The number of nitrogens with two attached hydrogens (primary N) is 1. The highest BCUT2D eigenvalue weighted by molar-refractivity contribution is 8.76. The average Bonchev–Trinajstić information content (AvgIpc) is 1.56. The van der Waals surface area contributed by atoms with E-state index in [2.05, 4.69) is 81.2 Å². The van der Waals surface area contributed by atoms with Crippen molar-refractivity contribution < 1.29 is 75.5 Å². The number of nitrogens with zero attached hydrogens (tertiary/aromatic N) is 5. The second-order valence-electron chi connectivity index (χ2n) is 25.2. The number of anilines is 2. The van der Waals surface area contributed by atoms with Gasteiger partial charge in [0.05, 0.1) is 60.5 Å². The molecule has 0 spiro atoms. The van der Waals surface area contributed by atoms with Crippen LogP contribution in [0.1, 0.15) is 132 Å². The van der Waals surface area contributed by atoms with Gasteiger partial charge in [-0.1, -0.05) is 48.8 Å². The van der Waals surface area contributed by atoms with E-state index in [1.165, 1.54) is 20.2 Å². The molecule has 4 aromatic heterocycles. The number of nitrogen functional groups attached to an aromatic ring is 1. The van der Waals surface area contributed by atoms with Crippen molar-refractivity contribution in [3.63, 3.8) is 0 Å². The van der Waals surface area contributed by atoms with Crippen molar-refractivity contribution in [3.05, 3.63) is 102 Å². The van der Waals surface area contributed by atoms with E-state index in [1.807, 2.05) is 32.9 Å². The Kier molecular flexibility index (Phi) is 24.7. The highest BCUT2D eigenvalue weighted by Crippen LogP contribution is 2.49. The predicted octanol–water partition coefficient (Wildman–Crippen LogP) is 2.06. The molecule has 3 aliphatic heterocycles. The molecule has 544 valence electrons. The van der Waals surface area contributed by atoms with Gasteiger partial charge in [-0.2, -0.15) is 13.4 Å². The highest BCUT2D eigenvalue weighted by Gasteiger charge is 2.49. The van der Waals surface area contributed by atoms with E-state index in [0.717, 1.165) is 39.4 Å². The number of nitrogens with one attached hydrogen (secondary N) is 10. The number of amides is 6. The van der Waals surface area contributed by atoms with E-state index < -0.39 is 124 Å². The Morgan fingerprint density at radius 2 is 1.60 bits per heavy atom. The first kappa shape index (κ1) is 76.1. The molecule has 6 amide bonds. The number of rotatable bonds is 29. The Hall–Kier alpha value is -10.1. The number of methoxy groups -OCH3 is 1. The van der Waals surface area contributed by atoms with Crippen molar-refractivity contribution in [1.82, 2.24) is 62.0 Å². The molecule has 0 fully saturated rings. The molecule has 0 saturated carbocycles. The van der Waals surface area contributed by atoms with Crippen LogP contribution in [0.25, 0.3) is 28.9 Å². The quantitative estimate of drug-likeness (QED) is 0.00620. The molecule has 9 rings (SSSR count). The van der Waals surface area contributed by atoms with Gasteiger partial charge < -0.3 is 56.9 Å². The van der Waals surface area contributed by atoms with Gasteiger partial charge in [-0.05, 0) is 94.0 Å². The van der Waals surface area contributed by atoms with Crippen LogP contribution in [-0.2, 0) is 61.3 Å². The fourth-order valence-corrected chi connectivity index (χ4v) is 15.2. The van der Waals surface area contributed by atoms with Crippen molar-refractivity contribution in [2.75, 3.05) is 48.6 Å². The van der Waals surface area contributed by atoms with Crippen LogP contribution in [-0.4, -0.2) is 180 Å². The predicted molar refractivity (Wildman–Crippen MR) is 379 cm³/mol. The Morgan fingerprint density at radius 1 is 0.863 bits per heavy atom. The smallest absolute Gasteiger partial charge is 0.426 e. The number of benzene rings is 1. The molecule has 5 aromatic rings. The fourth-order valence-electron chi connectivity index (χ4n) is 12.8. The van der Waals surface area contributed by atoms with Gasteiger partial charge in [0.2, 0.25) is 29.6 Å². The topological polar surface area (TPSA) is 502 Å². The number of carbonyl (C=O) groups excluding carboxylic acids is 9. The first-order valence-corrected chi connectivity index (χ1v) is 36.9. The van der Waals surface area contributed by atoms with Gasteiger partial charge >= 0.3 is 18.0 Å². The summed E-state index contributed by atoms with van der Waals surface area (Å²) >= 11 is 0. The van der Waals surface area contributed by atoms with E-state index in [9.17, 15) is 66.3 Å². The number of aliphatic imine (C=N–C) groups is 2. The number of aliphatic carboxylic acids is 1. The standard InChI is InChI=1S/C66H80N16O17S3/c1-9-38-30(3)40-24-45-51(34(7)83)32(5)42(74-45)22-41-31(4)39(55(76-41)53-54(64(93)98-8)58(87)52-33(6)43(77-56(52)53)23-44(38)73-40)15-17-49(85)81-82-66(94)99-19-20-100-101-28-47(63(91)92)78-61(89)46(25-50(86)68-18-21-102(95,96)97)75-48(84)16-10-29(2)71-60(88)35-11-13-36(14-12-35)69-26-37-27-70-59-57(72-37)62(90)80-65(67)79-59/h11-14,22,24,27,29-31,38-39,44,46-47,54,69,74,77H,9-10,15-21,23,25-26,28H2,1-8H3,(H,68,86)(H,71,88)(H,75,84)(H,78,89)(H,81,85)(H,82,94)(H,91,92)(H,95,96,97)(H3,67,70,79,80,90)/b42-22?,45-24?,55-53-/t29-,30-,31+,38-,39+,44?,46+,47+,54?/m1/s1. The Morgan fingerprint density at radius 3 is 2.29 bits per heavy atom. The van der Waals surface area contributed by atoms with Gasteiger partial charge in [0.1, 0.15) is 24.6 Å². The number of carboxylic acid groups (broad SMARTS) is 1. The molecular formula is C66H80N16O17S3. The van der Waals surface area contributed by atoms with Gasteiger partial charge in [0, 0.05) is 112 Å². The summed E-state index contributed by atoms with van der Waals surface area (Å²) in [5.41, 5.74) is 16.6. The number of aromatic nitrogens is 6. The lowest BCUT2D eigenvalue weighted by Crippen LogP contribution is -2.53. The number of hydrogen-bond donors (Lipinski definition) is 13. The van der Waals surface area contributed by atoms with Crippen LogP contribution in [0.15, 0.2) is 50.9 Å². The van der Waals surface area contributed by atoms with Crippen LogP contribution in [0, 0.1) is 43.4 Å². The SMILES string of the molecule is CC[C@H]1C2Cc3[nH]c4c(c3C)C(=O)C(C(=O)OC)/C4=C3/N=C(C=c4[nH]c(c(C(C)=O)c4C)=CC(=N2)[C@@H]1C)[C@@H](C)[C@@H]3CCC(=O)NNC(=O)OCCSSC[C@H](NC(=O)[C@H](CC(=O)NCCS(=O)(=O)O)NC(=O)CC[C@@H](C)NC(=O)c1ccc(NCc2cnc3nc(N)[nH]c(=O)c3n2)cc1)C(=O)O. The van der Waals surface area contributed by atoms with Crippen LogP contribution in [0.4, 0.5) is 16.4 Å². The van der Waals surface area contributed by atoms with E-state index in [1.54, 1.807) is 31.2 Å². The van der Waals surface area contributed by atoms with Gasteiger partial charge in [-0.15, -0.1) is 0 Å². The van der Waals surface area contributed by atoms with E-state index in [4.69, 9.17) is 29.7 Å². The third-order valence-electron chi connectivity index (χ3n) is 18.2. The second kappa shape index (κ2) is 33.2. The normalized spacial score (nSPS) is 19.8. The maximum Gasteiger partial charge on any atom is 0.426 e. The number of Topliss-reactive ketones (excluding diaryl/α,β-unsaturated/α-hetero) is 2. The summed E-state index contributed by atoms with van der Waals surface area (Å²) in [6.45, 7) is 12.4. The number of allylic oxidation sites excluding steroid dienone is 1. The molecule has 4 aliphatic rings. The average molecular weight is 1470 g/mol. The minimum Gasteiger partial charge on any atom is -0.480 e. The summed E-state index contributed by atoms with van der Waals surface area (Å²) in [6, 6.07) is 2.31. The maximum atomic E-state index is 14.5. The third kappa shape index (κ3) is 18.3. The molecule has 9 atom stereocenters. The number of carbonyl (C=O) groups is 10. The molecule has 36 heteroatoms. The number of hydrogen-bond acceptors (Lipinski definition) is 24. The molecule has 102 heavy (non-hydrogen) atoms. The monoisotopic (exact) mass is 1460 g/mol. The minimum absolute atomic E-state index is 0.0123. The fraction of sp³-hybridized carbons (Fsp3) is 0.455. The maximum absolute atomic E-state index is 14.5. The number of ketones is 2. The zero-order valence-electron chi connectivity index (χ0n) is 57.0. The van der Waals surface area contributed by atoms with Crippen molar-refractivity contribution in [1.29, 1.82) is 0 Å². The van der Waals surface area contributed by atoms with Gasteiger partial charge in [-0.3, -0.25) is 68.1 Å². The summed E-state index contributed by atoms with van der Waals surface area (Å²) in [6.07, 6.45) is 4.39.